The summed E-state index contributed by atoms with van der Waals surface area (Å²) in [5.74, 6) is 0.279. The summed E-state index contributed by atoms with van der Waals surface area (Å²) >= 11 is 0. The first-order chi connectivity index (χ1) is 18.5. The monoisotopic (exact) mass is 504 g/mol. The van der Waals surface area contributed by atoms with Gasteiger partial charge in [-0.2, -0.15) is 0 Å². The Bertz CT molecular complexity index is 1530. The summed E-state index contributed by atoms with van der Waals surface area (Å²) in [6.45, 7) is 1.70. The van der Waals surface area contributed by atoms with Crippen molar-refractivity contribution < 1.29 is 9.59 Å². The van der Waals surface area contributed by atoms with Crippen LogP contribution in [0.15, 0.2) is 102 Å². The van der Waals surface area contributed by atoms with Crippen LogP contribution >= 0.6 is 0 Å². The summed E-state index contributed by atoms with van der Waals surface area (Å²) in [5.41, 5.74) is 4.46. The van der Waals surface area contributed by atoms with E-state index in [4.69, 9.17) is 0 Å². The number of carbonyl (C=O) groups excluding carboxylic acids is 2. The molecule has 0 unspecified atom stereocenters. The predicted octanol–water partition coefficient (Wildman–Crippen LogP) is 5.42. The van der Waals surface area contributed by atoms with Crippen molar-refractivity contribution in [2.75, 3.05) is 23.7 Å². The van der Waals surface area contributed by atoms with Crippen molar-refractivity contribution in [3.8, 4) is 11.1 Å². The smallest absolute Gasteiger partial charge is 0.323 e. The van der Waals surface area contributed by atoms with E-state index in [0.717, 1.165) is 23.2 Å². The van der Waals surface area contributed by atoms with E-state index in [0.29, 0.717) is 30.9 Å². The standard InChI is InChI=1S/C31H28N4O3/c36-29(24-13-11-23(12-14-24)22-7-3-1-4-8-22)34-18-21-17-25(20-34)28-16-15-27(30(37)35(28)19-21)33-31(38)32-26-9-5-2-6-10-26/h1-16,21,25H,17-20H2,(H2,32,33,38)/t21-,25-/m1/s1. The van der Waals surface area contributed by atoms with Crippen molar-refractivity contribution >= 4 is 23.3 Å². The van der Waals surface area contributed by atoms with E-state index in [1.165, 1.54) is 0 Å². The lowest BCUT2D eigenvalue weighted by molar-refractivity contribution is 0.0594. The predicted molar refractivity (Wildman–Crippen MR) is 148 cm³/mol. The van der Waals surface area contributed by atoms with Crippen LogP contribution in [-0.2, 0) is 6.54 Å². The van der Waals surface area contributed by atoms with Gasteiger partial charge in [0.15, 0.2) is 0 Å². The maximum Gasteiger partial charge on any atom is 0.323 e. The van der Waals surface area contributed by atoms with Gasteiger partial charge < -0.3 is 20.1 Å². The molecule has 2 aliphatic rings. The van der Waals surface area contributed by atoms with Gasteiger partial charge in [-0.1, -0.05) is 60.7 Å². The number of nitrogens with one attached hydrogen (secondary N) is 2. The molecular formula is C31H28N4O3. The van der Waals surface area contributed by atoms with Crippen molar-refractivity contribution in [3.05, 3.63) is 119 Å². The SMILES string of the molecule is O=C(Nc1ccccc1)Nc1ccc2n(c1=O)C[C@@H]1C[C@@H]2CN(C(=O)c2ccc(-c3ccccc3)cc2)C1. The molecule has 3 amide bonds. The number of anilines is 2. The molecule has 0 aliphatic carbocycles. The Morgan fingerprint density at radius 1 is 0.711 bits per heavy atom. The lowest BCUT2D eigenvalue weighted by atomic mass is 9.83. The third-order valence-corrected chi connectivity index (χ3v) is 7.41. The number of hydrogen-bond donors (Lipinski definition) is 2. The third-order valence-electron chi connectivity index (χ3n) is 7.41. The summed E-state index contributed by atoms with van der Waals surface area (Å²) in [5, 5.41) is 5.43. The van der Waals surface area contributed by atoms with Crippen LogP contribution in [0.25, 0.3) is 11.1 Å². The van der Waals surface area contributed by atoms with Crippen molar-refractivity contribution in [2.45, 2.75) is 18.9 Å². The van der Waals surface area contributed by atoms with Crippen molar-refractivity contribution in [1.82, 2.24) is 9.47 Å². The van der Waals surface area contributed by atoms with Crippen LogP contribution < -0.4 is 16.2 Å². The molecule has 2 bridgehead atoms. The zero-order chi connectivity index (χ0) is 26.1. The highest BCUT2D eigenvalue weighted by Crippen LogP contribution is 2.36. The van der Waals surface area contributed by atoms with E-state index in [1.807, 2.05) is 71.6 Å². The van der Waals surface area contributed by atoms with Gasteiger partial charge in [0.2, 0.25) is 0 Å². The summed E-state index contributed by atoms with van der Waals surface area (Å²) in [6.07, 6.45) is 0.942. The molecule has 7 nitrogen and oxygen atoms in total. The van der Waals surface area contributed by atoms with Gasteiger partial charge in [-0.3, -0.25) is 9.59 Å². The zero-order valence-electron chi connectivity index (χ0n) is 20.8. The van der Waals surface area contributed by atoms with Gasteiger partial charge in [0.25, 0.3) is 11.5 Å². The van der Waals surface area contributed by atoms with Crippen molar-refractivity contribution in [2.24, 2.45) is 5.92 Å². The summed E-state index contributed by atoms with van der Waals surface area (Å²) < 4.78 is 1.77. The number of urea groups is 1. The molecule has 0 radical (unpaired) electrons. The minimum atomic E-state index is -0.458. The van der Waals surface area contributed by atoms with Gasteiger partial charge in [0.05, 0.1) is 0 Å². The maximum atomic E-state index is 13.4. The highest BCUT2D eigenvalue weighted by molar-refractivity contribution is 5.99. The fourth-order valence-corrected chi connectivity index (χ4v) is 5.63. The van der Waals surface area contributed by atoms with Gasteiger partial charge >= 0.3 is 6.03 Å². The average Bonchev–Trinajstić information content (AvgIpc) is 2.95. The fraction of sp³-hybridized carbons (Fsp3) is 0.194. The van der Waals surface area contributed by atoms with E-state index in [2.05, 4.69) is 22.8 Å². The van der Waals surface area contributed by atoms with E-state index < -0.39 is 6.03 Å². The zero-order valence-corrected chi connectivity index (χ0v) is 20.8. The molecule has 4 aromatic rings. The molecule has 1 saturated heterocycles. The summed E-state index contributed by atoms with van der Waals surface area (Å²) in [6, 6.07) is 30.1. The number of rotatable bonds is 4. The van der Waals surface area contributed by atoms with Crippen LogP contribution in [0.3, 0.4) is 0 Å². The van der Waals surface area contributed by atoms with Crippen LogP contribution in [0.2, 0.25) is 0 Å². The van der Waals surface area contributed by atoms with Crippen molar-refractivity contribution in [1.29, 1.82) is 0 Å². The molecule has 3 aromatic carbocycles. The number of fused-ring (bicyclic) bond motifs is 4. The largest absolute Gasteiger partial charge is 0.338 e. The fourth-order valence-electron chi connectivity index (χ4n) is 5.63. The van der Waals surface area contributed by atoms with Gasteiger partial charge in [0, 0.05) is 42.5 Å². The van der Waals surface area contributed by atoms with Crippen LogP contribution in [0.5, 0.6) is 0 Å². The number of nitrogens with zero attached hydrogens (tertiary/aromatic N) is 2. The van der Waals surface area contributed by atoms with E-state index >= 15 is 0 Å². The third kappa shape index (κ3) is 4.70. The molecule has 190 valence electrons. The minimum absolute atomic E-state index is 0.0194. The van der Waals surface area contributed by atoms with Gasteiger partial charge in [-0.25, -0.2) is 4.79 Å². The Hall–Kier alpha value is -4.65. The highest BCUT2D eigenvalue weighted by atomic mass is 16.2. The molecule has 2 N–H and O–H groups in total. The number of carbonyl (C=O) groups is 2. The second-order valence-electron chi connectivity index (χ2n) is 9.98. The Labute approximate surface area is 220 Å². The Morgan fingerprint density at radius 3 is 2.13 bits per heavy atom. The number of amides is 3. The number of likely N-dealkylation sites (tertiary alicyclic amines) is 1. The van der Waals surface area contributed by atoms with Gasteiger partial charge in [-0.05, 0) is 59.9 Å². The lowest BCUT2D eigenvalue weighted by Gasteiger charge is -2.43. The summed E-state index contributed by atoms with van der Waals surface area (Å²) in [4.78, 5) is 41.0. The minimum Gasteiger partial charge on any atom is -0.338 e. The molecular weight excluding hydrogens is 476 g/mol. The van der Waals surface area contributed by atoms with Crippen LogP contribution in [0.1, 0.15) is 28.4 Å². The molecule has 0 spiro atoms. The highest BCUT2D eigenvalue weighted by Gasteiger charge is 2.37. The molecule has 6 rings (SSSR count). The molecule has 7 heteroatoms. The average molecular weight is 505 g/mol. The number of aromatic nitrogens is 1. The van der Waals surface area contributed by atoms with E-state index in [9.17, 15) is 14.4 Å². The molecule has 2 atom stereocenters. The molecule has 38 heavy (non-hydrogen) atoms. The molecule has 0 saturated carbocycles. The number of pyridine rings is 1. The topological polar surface area (TPSA) is 83.4 Å². The van der Waals surface area contributed by atoms with E-state index in [-0.39, 0.29) is 29.0 Å². The normalized spacial score (nSPS) is 17.8. The number of piperidine rings is 1. The number of para-hydroxylation sites is 1. The molecule has 3 heterocycles. The Balaban J connectivity index is 1.16. The molecule has 2 aliphatic heterocycles. The lowest BCUT2D eigenvalue weighted by Crippen LogP contribution is -2.49. The second kappa shape index (κ2) is 10.0. The quantitative estimate of drug-likeness (QED) is 0.389. The first-order valence-corrected chi connectivity index (χ1v) is 12.9. The number of benzene rings is 3. The first kappa shape index (κ1) is 23.7. The van der Waals surface area contributed by atoms with Crippen LogP contribution in [0.4, 0.5) is 16.2 Å². The molecule has 1 aromatic heterocycles. The number of hydrogen-bond acceptors (Lipinski definition) is 3. The van der Waals surface area contributed by atoms with Gasteiger partial charge in [0.1, 0.15) is 5.69 Å². The Morgan fingerprint density at radius 2 is 1.39 bits per heavy atom. The summed E-state index contributed by atoms with van der Waals surface area (Å²) in [7, 11) is 0. The second-order valence-corrected chi connectivity index (χ2v) is 9.98. The van der Waals surface area contributed by atoms with Crippen LogP contribution in [0, 0.1) is 5.92 Å². The molecule has 1 fully saturated rings. The van der Waals surface area contributed by atoms with Gasteiger partial charge in [-0.15, -0.1) is 0 Å². The maximum absolute atomic E-state index is 13.4. The van der Waals surface area contributed by atoms with Crippen LogP contribution in [-0.4, -0.2) is 34.5 Å². The van der Waals surface area contributed by atoms with Crippen molar-refractivity contribution in [3.63, 3.8) is 0 Å². The Kier molecular flexibility index (Phi) is 6.25. The first-order valence-electron chi connectivity index (χ1n) is 12.9. The van der Waals surface area contributed by atoms with E-state index in [1.54, 1.807) is 22.8 Å².